The van der Waals surface area contributed by atoms with Crippen molar-refractivity contribution in [3.05, 3.63) is 30.1 Å². The molecule has 3 N–H and O–H groups in total. The number of imidazole rings is 1. The largest absolute Gasteiger partial charge is 0.357 e. The van der Waals surface area contributed by atoms with Crippen molar-refractivity contribution in [3.8, 4) is 0 Å². The third-order valence-corrected chi connectivity index (χ3v) is 4.84. The van der Waals surface area contributed by atoms with Crippen LogP contribution in [0, 0.1) is 0 Å². The molecular formula is C22H38N6. The summed E-state index contributed by atoms with van der Waals surface area (Å²) in [5.41, 5.74) is 2.14. The lowest BCUT2D eigenvalue weighted by Crippen LogP contribution is -2.41. The van der Waals surface area contributed by atoms with Crippen LogP contribution in [0.3, 0.4) is 0 Å². The minimum absolute atomic E-state index is 0.583. The van der Waals surface area contributed by atoms with E-state index in [1.807, 2.05) is 18.2 Å². The minimum atomic E-state index is 0.583. The maximum atomic E-state index is 4.71. The second-order valence-electron chi connectivity index (χ2n) is 7.77. The fraction of sp³-hybridized carbons (Fsp3) is 0.636. The van der Waals surface area contributed by atoms with Crippen LogP contribution in [-0.4, -0.2) is 59.1 Å². The van der Waals surface area contributed by atoms with E-state index in [0.717, 1.165) is 68.3 Å². The molecule has 0 aliphatic rings. The van der Waals surface area contributed by atoms with Gasteiger partial charge >= 0.3 is 0 Å². The molecule has 1 heterocycles. The first-order valence-electron chi connectivity index (χ1n) is 10.7. The van der Waals surface area contributed by atoms with Gasteiger partial charge in [-0.3, -0.25) is 9.89 Å². The number of aryl methyl sites for hydroxylation is 1. The monoisotopic (exact) mass is 386 g/mol. The minimum Gasteiger partial charge on any atom is -0.357 e. The van der Waals surface area contributed by atoms with Crippen molar-refractivity contribution in [1.29, 1.82) is 0 Å². The smallest absolute Gasteiger partial charge is 0.191 e. The van der Waals surface area contributed by atoms with Crippen LogP contribution >= 0.6 is 0 Å². The summed E-state index contributed by atoms with van der Waals surface area (Å²) in [6, 6.07) is 9.33. The summed E-state index contributed by atoms with van der Waals surface area (Å²) in [5.74, 6) is 1.95. The van der Waals surface area contributed by atoms with E-state index in [0.29, 0.717) is 12.1 Å². The molecule has 0 spiro atoms. The van der Waals surface area contributed by atoms with Crippen molar-refractivity contribution in [2.75, 3.05) is 26.2 Å². The van der Waals surface area contributed by atoms with E-state index in [4.69, 9.17) is 4.99 Å². The number of aliphatic imine (C=N–C) groups is 1. The van der Waals surface area contributed by atoms with Crippen LogP contribution in [0.25, 0.3) is 11.0 Å². The molecule has 156 valence electrons. The van der Waals surface area contributed by atoms with Crippen molar-refractivity contribution < 1.29 is 0 Å². The van der Waals surface area contributed by atoms with Gasteiger partial charge in [-0.25, -0.2) is 4.98 Å². The van der Waals surface area contributed by atoms with Gasteiger partial charge in [0.1, 0.15) is 5.82 Å². The van der Waals surface area contributed by atoms with Crippen LogP contribution in [0.2, 0.25) is 0 Å². The van der Waals surface area contributed by atoms with Crippen LogP contribution in [0.15, 0.2) is 29.3 Å². The van der Waals surface area contributed by atoms with Gasteiger partial charge in [0.2, 0.25) is 0 Å². The maximum Gasteiger partial charge on any atom is 0.191 e. The summed E-state index contributed by atoms with van der Waals surface area (Å²) >= 11 is 0. The average Bonchev–Trinajstić information content (AvgIpc) is 3.07. The van der Waals surface area contributed by atoms with Crippen molar-refractivity contribution in [3.63, 3.8) is 0 Å². The highest BCUT2D eigenvalue weighted by Gasteiger charge is 2.12. The van der Waals surface area contributed by atoms with Crippen molar-refractivity contribution in [1.82, 2.24) is 25.5 Å². The van der Waals surface area contributed by atoms with Gasteiger partial charge in [-0.15, -0.1) is 0 Å². The Labute approximate surface area is 170 Å². The van der Waals surface area contributed by atoms with Gasteiger partial charge in [0.15, 0.2) is 5.96 Å². The number of para-hydroxylation sites is 2. The maximum absolute atomic E-state index is 4.71. The lowest BCUT2D eigenvalue weighted by Gasteiger charge is -2.30. The van der Waals surface area contributed by atoms with Gasteiger partial charge in [0.05, 0.1) is 11.0 Å². The molecule has 2 rings (SSSR count). The number of rotatable bonds is 11. The summed E-state index contributed by atoms with van der Waals surface area (Å²) in [6.07, 6.45) is 3.00. The highest BCUT2D eigenvalue weighted by atomic mass is 15.2. The van der Waals surface area contributed by atoms with E-state index >= 15 is 0 Å². The van der Waals surface area contributed by atoms with Crippen molar-refractivity contribution in [2.24, 2.45) is 4.99 Å². The number of aromatic nitrogens is 2. The normalized spacial score (nSPS) is 12.5. The molecule has 2 aromatic rings. The quantitative estimate of drug-likeness (QED) is 0.314. The van der Waals surface area contributed by atoms with Gasteiger partial charge in [-0.05, 0) is 59.6 Å². The topological polar surface area (TPSA) is 68.3 Å². The van der Waals surface area contributed by atoms with Crippen LogP contribution in [-0.2, 0) is 6.42 Å². The number of guanidine groups is 1. The fourth-order valence-electron chi connectivity index (χ4n) is 3.48. The molecule has 6 heteroatoms. The first-order valence-corrected chi connectivity index (χ1v) is 10.7. The highest BCUT2D eigenvalue weighted by molar-refractivity contribution is 5.79. The zero-order valence-corrected chi connectivity index (χ0v) is 18.3. The average molecular weight is 387 g/mol. The van der Waals surface area contributed by atoms with E-state index in [1.165, 1.54) is 0 Å². The third-order valence-electron chi connectivity index (χ3n) is 4.84. The molecule has 0 radical (unpaired) electrons. The molecule has 0 amide bonds. The van der Waals surface area contributed by atoms with Gasteiger partial charge < -0.3 is 15.6 Å². The standard InChI is InChI=1S/C22H38N6/c1-6-23-22(25-15-10-16-28(17(2)3)18(4)5)24-14-9-13-21-26-19-11-7-8-12-20(19)27-21/h7-8,11-12,17-18H,6,9-10,13-16H2,1-5H3,(H,26,27)(H2,23,24,25). The molecule has 1 aromatic carbocycles. The number of nitrogens with zero attached hydrogens (tertiary/aromatic N) is 3. The highest BCUT2D eigenvalue weighted by Crippen LogP contribution is 2.11. The Hall–Kier alpha value is -2.08. The molecule has 0 atom stereocenters. The number of fused-ring (bicyclic) bond motifs is 1. The second kappa shape index (κ2) is 11.7. The predicted molar refractivity (Wildman–Crippen MR) is 120 cm³/mol. The molecule has 0 saturated carbocycles. The Balaban J connectivity index is 1.73. The Morgan fingerprint density at radius 2 is 1.86 bits per heavy atom. The van der Waals surface area contributed by atoms with Crippen molar-refractivity contribution >= 4 is 17.0 Å². The molecule has 28 heavy (non-hydrogen) atoms. The van der Waals surface area contributed by atoms with Crippen LogP contribution < -0.4 is 10.6 Å². The first kappa shape index (κ1) is 22.2. The molecule has 0 bridgehead atoms. The van der Waals surface area contributed by atoms with Crippen LogP contribution in [0.4, 0.5) is 0 Å². The van der Waals surface area contributed by atoms with E-state index < -0.39 is 0 Å². The fourth-order valence-corrected chi connectivity index (χ4v) is 3.48. The van der Waals surface area contributed by atoms with E-state index in [-0.39, 0.29) is 0 Å². The third kappa shape index (κ3) is 7.15. The number of hydrogen-bond acceptors (Lipinski definition) is 3. The van der Waals surface area contributed by atoms with Gasteiger partial charge in [-0.2, -0.15) is 0 Å². The molecule has 1 aromatic heterocycles. The summed E-state index contributed by atoms with van der Waals surface area (Å²) in [4.78, 5) is 15.3. The second-order valence-corrected chi connectivity index (χ2v) is 7.77. The van der Waals surface area contributed by atoms with E-state index in [1.54, 1.807) is 0 Å². The lowest BCUT2D eigenvalue weighted by atomic mass is 10.2. The molecule has 6 nitrogen and oxygen atoms in total. The number of H-pyrrole nitrogens is 1. The van der Waals surface area contributed by atoms with Gasteiger partial charge in [0, 0.05) is 44.7 Å². The summed E-state index contributed by atoms with van der Waals surface area (Å²) < 4.78 is 0. The van der Waals surface area contributed by atoms with E-state index in [2.05, 4.69) is 66.2 Å². The number of benzene rings is 1. The van der Waals surface area contributed by atoms with Crippen LogP contribution in [0.1, 0.15) is 53.3 Å². The van der Waals surface area contributed by atoms with Gasteiger partial charge in [-0.1, -0.05) is 12.1 Å². The van der Waals surface area contributed by atoms with Gasteiger partial charge in [0.25, 0.3) is 0 Å². The molecule has 0 aliphatic heterocycles. The van der Waals surface area contributed by atoms with E-state index in [9.17, 15) is 0 Å². The number of aromatic amines is 1. The predicted octanol–water partition coefficient (Wildman–Crippen LogP) is 3.56. The Morgan fingerprint density at radius 1 is 1.11 bits per heavy atom. The summed E-state index contributed by atoms with van der Waals surface area (Å²) in [6.45, 7) is 14.9. The summed E-state index contributed by atoms with van der Waals surface area (Å²) in [5, 5.41) is 6.80. The van der Waals surface area contributed by atoms with Crippen LogP contribution in [0.5, 0.6) is 0 Å². The molecule has 0 unspecified atom stereocenters. The zero-order chi connectivity index (χ0) is 20.4. The molecular weight excluding hydrogens is 348 g/mol. The Kier molecular flexibility index (Phi) is 9.28. The summed E-state index contributed by atoms with van der Waals surface area (Å²) in [7, 11) is 0. The SMILES string of the molecule is CCNC(=NCCCc1nc2ccccc2[nH]1)NCCCN(C(C)C)C(C)C. The lowest BCUT2D eigenvalue weighted by molar-refractivity contribution is 0.173. The number of nitrogens with one attached hydrogen (secondary N) is 3. The number of hydrogen-bond donors (Lipinski definition) is 3. The molecule has 0 aliphatic carbocycles. The Bertz CT molecular complexity index is 678. The Morgan fingerprint density at radius 3 is 2.54 bits per heavy atom. The molecule has 0 saturated heterocycles. The first-order chi connectivity index (χ1) is 13.5. The van der Waals surface area contributed by atoms with Crippen molar-refractivity contribution in [2.45, 2.75) is 66.0 Å². The molecule has 0 fully saturated rings. The zero-order valence-electron chi connectivity index (χ0n) is 18.3.